The smallest absolute Gasteiger partial charge is 0.229 e. The van der Waals surface area contributed by atoms with E-state index in [-0.39, 0.29) is 16.4 Å². The highest BCUT2D eigenvalue weighted by Crippen LogP contribution is 2.33. The van der Waals surface area contributed by atoms with Gasteiger partial charge in [0.25, 0.3) is 0 Å². The summed E-state index contributed by atoms with van der Waals surface area (Å²) >= 11 is 6.07. The van der Waals surface area contributed by atoms with E-state index in [1.165, 1.54) is 12.7 Å². The van der Waals surface area contributed by atoms with Crippen LogP contribution in [0.1, 0.15) is 67.2 Å². The predicted molar refractivity (Wildman–Crippen MR) is 114 cm³/mol. The molecule has 154 valence electrons. The first-order valence-electron chi connectivity index (χ1n) is 10.3. The van der Waals surface area contributed by atoms with E-state index in [9.17, 15) is 0 Å². The Hall–Kier alpha value is -0.980. The third kappa shape index (κ3) is 6.84. The lowest BCUT2D eigenvalue weighted by atomic mass is 9.79. The van der Waals surface area contributed by atoms with E-state index < -0.39 is 0 Å². The topological polar surface area (TPSA) is 57.2 Å². The summed E-state index contributed by atoms with van der Waals surface area (Å²) in [6, 6.07) is 0.378. The number of rotatable bonds is 9. The SMILES string of the molecule is CCN(CC)CCCCN(c1ncnc(Cl)n1)C1CC(C)(C)NC(C)(C)C1. The summed E-state index contributed by atoms with van der Waals surface area (Å²) < 4.78 is 0. The number of halogens is 1. The van der Waals surface area contributed by atoms with E-state index >= 15 is 0 Å². The van der Waals surface area contributed by atoms with Gasteiger partial charge >= 0.3 is 0 Å². The summed E-state index contributed by atoms with van der Waals surface area (Å²) in [5.74, 6) is 0.705. The van der Waals surface area contributed by atoms with Gasteiger partial charge in [-0.25, -0.2) is 9.97 Å². The number of piperidine rings is 1. The molecular formula is C20H37ClN6. The van der Waals surface area contributed by atoms with Crippen LogP contribution < -0.4 is 10.2 Å². The summed E-state index contributed by atoms with van der Waals surface area (Å²) in [7, 11) is 0. The maximum atomic E-state index is 6.07. The molecule has 7 heteroatoms. The van der Waals surface area contributed by atoms with E-state index in [4.69, 9.17) is 11.6 Å². The minimum Gasteiger partial charge on any atom is -0.338 e. The molecule has 0 spiro atoms. The second kappa shape index (κ2) is 9.48. The molecule has 0 aliphatic carbocycles. The molecule has 0 atom stereocenters. The Bertz CT molecular complexity index is 572. The van der Waals surface area contributed by atoms with E-state index in [0.29, 0.717) is 12.0 Å². The number of hydrogen-bond acceptors (Lipinski definition) is 6. The number of nitrogens with zero attached hydrogens (tertiary/aromatic N) is 5. The van der Waals surface area contributed by atoms with Crippen LogP contribution in [0.3, 0.4) is 0 Å². The van der Waals surface area contributed by atoms with Crippen molar-refractivity contribution in [3.8, 4) is 0 Å². The molecule has 27 heavy (non-hydrogen) atoms. The Morgan fingerprint density at radius 1 is 1.04 bits per heavy atom. The van der Waals surface area contributed by atoms with Crippen molar-refractivity contribution in [3.05, 3.63) is 11.6 Å². The van der Waals surface area contributed by atoms with E-state index in [0.717, 1.165) is 45.4 Å². The Morgan fingerprint density at radius 3 is 2.19 bits per heavy atom. The van der Waals surface area contributed by atoms with Crippen molar-refractivity contribution in [1.29, 1.82) is 0 Å². The van der Waals surface area contributed by atoms with Gasteiger partial charge in [-0.15, -0.1) is 0 Å². The summed E-state index contributed by atoms with van der Waals surface area (Å²) in [6.45, 7) is 17.9. The molecule has 0 radical (unpaired) electrons. The quantitative estimate of drug-likeness (QED) is 0.641. The molecule has 2 rings (SSSR count). The molecule has 0 aromatic carbocycles. The number of anilines is 1. The molecule has 2 heterocycles. The minimum absolute atomic E-state index is 0.0721. The minimum atomic E-state index is 0.0721. The number of unbranched alkanes of at least 4 members (excludes halogenated alkanes) is 1. The summed E-state index contributed by atoms with van der Waals surface area (Å²) in [5, 5.41) is 4.03. The normalized spacial score (nSPS) is 19.4. The molecule has 1 fully saturated rings. The van der Waals surface area contributed by atoms with Crippen LogP contribution in [0.15, 0.2) is 6.33 Å². The fourth-order valence-corrected chi connectivity index (χ4v) is 4.62. The maximum Gasteiger partial charge on any atom is 0.229 e. The van der Waals surface area contributed by atoms with Gasteiger partial charge in [-0.05, 0) is 84.6 Å². The van der Waals surface area contributed by atoms with Crippen LogP contribution in [0.4, 0.5) is 5.95 Å². The molecule has 1 aliphatic rings. The lowest BCUT2D eigenvalue weighted by Crippen LogP contribution is -2.62. The van der Waals surface area contributed by atoms with Gasteiger partial charge in [0, 0.05) is 23.7 Å². The molecule has 1 aliphatic heterocycles. The van der Waals surface area contributed by atoms with Crippen LogP contribution in [-0.2, 0) is 0 Å². The third-order valence-corrected chi connectivity index (χ3v) is 5.60. The fourth-order valence-electron chi connectivity index (χ4n) is 4.50. The standard InChI is InChI=1S/C20H37ClN6/c1-7-26(8-2)11-9-10-12-27(18-23-15-22-17(21)24-18)16-13-19(3,4)25-20(5,6)14-16/h15-16,25H,7-14H2,1-6H3. The molecule has 0 saturated carbocycles. The van der Waals surface area contributed by atoms with Crippen molar-refractivity contribution < 1.29 is 0 Å². The largest absolute Gasteiger partial charge is 0.338 e. The Labute approximate surface area is 170 Å². The van der Waals surface area contributed by atoms with Crippen molar-refractivity contribution >= 4 is 17.5 Å². The van der Waals surface area contributed by atoms with Gasteiger partial charge in [0.05, 0.1) is 0 Å². The average molecular weight is 397 g/mol. The second-order valence-electron chi connectivity index (χ2n) is 8.94. The molecule has 1 aromatic heterocycles. The van der Waals surface area contributed by atoms with Crippen LogP contribution in [0, 0.1) is 0 Å². The van der Waals surface area contributed by atoms with Crippen LogP contribution in [0.5, 0.6) is 0 Å². The molecule has 0 amide bonds. The summed E-state index contributed by atoms with van der Waals surface area (Å²) in [5.41, 5.74) is 0.144. The Balaban J connectivity index is 2.12. The van der Waals surface area contributed by atoms with Gasteiger partial charge < -0.3 is 15.1 Å². The molecular weight excluding hydrogens is 360 g/mol. The zero-order chi connectivity index (χ0) is 20.1. The van der Waals surface area contributed by atoms with E-state index in [2.05, 4.69) is 71.6 Å². The number of hydrogen-bond donors (Lipinski definition) is 1. The highest BCUT2D eigenvalue weighted by atomic mass is 35.5. The molecule has 1 saturated heterocycles. The van der Waals surface area contributed by atoms with Gasteiger partial charge in [0.1, 0.15) is 6.33 Å². The molecule has 6 nitrogen and oxygen atoms in total. The van der Waals surface area contributed by atoms with Crippen molar-refractivity contribution in [2.75, 3.05) is 31.1 Å². The zero-order valence-electron chi connectivity index (χ0n) is 17.9. The predicted octanol–water partition coefficient (Wildman–Crippen LogP) is 3.76. The van der Waals surface area contributed by atoms with Crippen molar-refractivity contribution in [3.63, 3.8) is 0 Å². The van der Waals surface area contributed by atoms with Crippen molar-refractivity contribution in [2.45, 2.75) is 84.3 Å². The maximum absolute atomic E-state index is 6.07. The second-order valence-corrected chi connectivity index (χ2v) is 9.27. The van der Waals surface area contributed by atoms with Crippen LogP contribution in [0.2, 0.25) is 5.28 Å². The number of aromatic nitrogens is 3. The molecule has 1 N–H and O–H groups in total. The van der Waals surface area contributed by atoms with Crippen molar-refractivity contribution in [1.82, 2.24) is 25.2 Å². The van der Waals surface area contributed by atoms with E-state index in [1.807, 2.05) is 0 Å². The monoisotopic (exact) mass is 396 g/mol. The lowest BCUT2D eigenvalue weighted by Gasteiger charge is -2.49. The lowest BCUT2D eigenvalue weighted by molar-refractivity contribution is 0.157. The number of nitrogens with one attached hydrogen (secondary N) is 1. The van der Waals surface area contributed by atoms with Gasteiger partial charge in [-0.1, -0.05) is 13.8 Å². The zero-order valence-corrected chi connectivity index (χ0v) is 18.7. The van der Waals surface area contributed by atoms with Gasteiger partial charge in [0.15, 0.2) is 0 Å². The van der Waals surface area contributed by atoms with Gasteiger partial charge in [-0.3, -0.25) is 0 Å². The molecule has 0 unspecified atom stereocenters. The highest BCUT2D eigenvalue weighted by Gasteiger charge is 2.40. The fraction of sp³-hybridized carbons (Fsp3) is 0.850. The molecule has 1 aromatic rings. The third-order valence-electron chi connectivity index (χ3n) is 5.41. The van der Waals surface area contributed by atoms with Gasteiger partial charge in [-0.2, -0.15) is 4.98 Å². The average Bonchev–Trinajstić information content (AvgIpc) is 2.55. The Morgan fingerprint density at radius 2 is 1.63 bits per heavy atom. The van der Waals surface area contributed by atoms with Crippen molar-refractivity contribution in [2.24, 2.45) is 0 Å². The highest BCUT2D eigenvalue weighted by molar-refractivity contribution is 6.28. The summed E-state index contributed by atoms with van der Waals surface area (Å²) in [6.07, 6.45) is 5.91. The van der Waals surface area contributed by atoms with Crippen LogP contribution in [0.25, 0.3) is 0 Å². The molecule has 0 bridgehead atoms. The van der Waals surface area contributed by atoms with E-state index in [1.54, 1.807) is 0 Å². The Kier molecular flexibility index (Phi) is 7.83. The first-order chi connectivity index (χ1) is 12.7. The van der Waals surface area contributed by atoms with Crippen LogP contribution in [-0.4, -0.2) is 63.2 Å². The van der Waals surface area contributed by atoms with Gasteiger partial charge in [0.2, 0.25) is 11.2 Å². The van der Waals surface area contributed by atoms with Crippen LogP contribution >= 0.6 is 11.6 Å². The first-order valence-corrected chi connectivity index (χ1v) is 10.7. The summed E-state index contributed by atoms with van der Waals surface area (Å²) in [4.78, 5) is 17.7. The first kappa shape index (κ1) is 22.3.